The summed E-state index contributed by atoms with van der Waals surface area (Å²) >= 11 is 0. The summed E-state index contributed by atoms with van der Waals surface area (Å²) in [5.41, 5.74) is 11.6. The van der Waals surface area contributed by atoms with Gasteiger partial charge < -0.3 is 4.74 Å². The zero-order chi connectivity index (χ0) is 44.2. The number of hydrogen-bond donors (Lipinski definition) is 0. The van der Waals surface area contributed by atoms with Crippen LogP contribution >= 0.6 is 0 Å². The molecule has 320 valence electrons. The maximum atomic E-state index is 7.49. The second kappa shape index (κ2) is 15.2. The molecule has 6 atom stereocenters. The Hall–Kier alpha value is -7.62. The second-order valence-corrected chi connectivity index (χ2v) is 19.3. The lowest BCUT2D eigenvalue weighted by molar-refractivity contribution is 0.243. The van der Waals surface area contributed by atoms with Gasteiger partial charge in [0.25, 0.3) is 0 Å². The van der Waals surface area contributed by atoms with E-state index >= 15 is 0 Å². The normalized spacial score (nSPS) is 22.7. The van der Waals surface area contributed by atoms with E-state index < -0.39 is 0 Å². The molecule has 0 fully saturated rings. The first-order valence-electron chi connectivity index (χ1n) is 24.2. The van der Waals surface area contributed by atoms with Crippen LogP contribution in [-0.2, 0) is 6.42 Å². The molecule has 2 heterocycles. The van der Waals surface area contributed by atoms with Gasteiger partial charge in [-0.2, -0.15) is 0 Å². The van der Waals surface area contributed by atoms with Gasteiger partial charge in [0.05, 0.1) is 6.04 Å². The van der Waals surface area contributed by atoms with Crippen LogP contribution in [0.3, 0.4) is 0 Å². The van der Waals surface area contributed by atoms with Crippen molar-refractivity contribution < 1.29 is 4.74 Å². The van der Waals surface area contributed by atoms with E-state index in [9.17, 15) is 0 Å². The topological polar surface area (TPSA) is 34.0 Å². The zero-order valence-electron chi connectivity index (χ0n) is 37.4. The highest BCUT2D eigenvalue weighted by Crippen LogP contribution is 2.55. The van der Waals surface area contributed by atoms with Crippen LogP contribution in [0.2, 0.25) is 0 Å². The molecular weight excluding hydrogens is 813 g/mol. The Morgan fingerprint density at radius 2 is 1.28 bits per heavy atom. The van der Waals surface area contributed by atoms with Gasteiger partial charge in [-0.1, -0.05) is 183 Å². The molecule has 0 aromatic heterocycles. The minimum atomic E-state index is -0.199. The average molecular weight is 861 g/mol. The van der Waals surface area contributed by atoms with Crippen molar-refractivity contribution in [1.82, 2.24) is 0 Å². The van der Waals surface area contributed by atoms with Crippen molar-refractivity contribution in [2.24, 2.45) is 21.8 Å². The molecule has 0 N–H and O–H groups in total. The number of fused-ring (bicyclic) bond motifs is 13. The van der Waals surface area contributed by atoms with Crippen molar-refractivity contribution in [3.8, 4) is 16.9 Å². The maximum Gasteiger partial charge on any atom is 0.155 e. The predicted molar refractivity (Wildman–Crippen MR) is 280 cm³/mol. The molecule has 3 nitrogen and oxygen atoms in total. The first kappa shape index (κ1) is 38.6. The molecule has 0 bridgehead atoms. The van der Waals surface area contributed by atoms with Gasteiger partial charge >= 0.3 is 0 Å². The maximum absolute atomic E-state index is 7.49. The van der Waals surface area contributed by atoms with Gasteiger partial charge in [0.1, 0.15) is 11.9 Å². The van der Waals surface area contributed by atoms with Crippen LogP contribution in [0.25, 0.3) is 65.0 Å². The molecule has 9 aromatic rings. The lowest BCUT2D eigenvalue weighted by Crippen LogP contribution is -2.40. The molecule has 67 heavy (non-hydrogen) atoms. The number of aliphatic imine (C=N–C) groups is 2. The Balaban J connectivity index is 1.02. The first-order valence-corrected chi connectivity index (χ1v) is 24.2. The highest BCUT2D eigenvalue weighted by molar-refractivity contribution is 6.14. The Morgan fingerprint density at radius 3 is 2.07 bits per heavy atom. The third-order valence-corrected chi connectivity index (χ3v) is 15.7. The van der Waals surface area contributed by atoms with Gasteiger partial charge in [0, 0.05) is 40.5 Å². The molecule has 0 spiro atoms. The van der Waals surface area contributed by atoms with E-state index in [1.54, 1.807) is 0 Å². The van der Waals surface area contributed by atoms with Gasteiger partial charge in [0.2, 0.25) is 0 Å². The molecular formula is C64H48N2O. The quantitative estimate of drug-likeness (QED) is 0.159. The summed E-state index contributed by atoms with van der Waals surface area (Å²) < 4.78 is 7.49. The SMILES string of the molecule is CCC1C(C2C=CC=CC2)=NC(c2ccc3c(ccc4ccccc43)c2)=NC1C1=C(C2Cc3cc4ccccc4cc3-c3ccc4ccccc4c32)C2Oc3cc4ccccc4cc3C2C=C1. The number of amidine groups is 1. The fourth-order valence-electron chi connectivity index (χ4n) is 12.6. The van der Waals surface area contributed by atoms with Crippen LogP contribution in [-0.4, -0.2) is 23.7 Å². The fraction of sp³-hybridized carbons (Fsp3) is 0.156. The van der Waals surface area contributed by atoms with Crippen molar-refractivity contribution in [3.05, 3.63) is 234 Å². The van der Waals surface area contributed by atoms with Gasteiger partial charge in [0.15, 0.2) is 5.84 Å². The van der Waals surface area contributed by atoms with Crippen molar-refractivity contribution >= 4 is 65.4 Å². The fourth-order valence-corrected chi connectivity index (χ4v) is 12.6. The average Bonchev–Trinajstić information content (AvgIpc) is 3.75. The Kier molecular flexibility index (Phi) is 8.78. The number of allylic oxidation sites excluding steroid dienone is 4. The molecule has 5 aliphatic rings. The number of nitrogens with zero attached hydrogens (tertiary/aromatic N) is 2. The molecule has 3 aliphatic carbocycles. The number of hydrogen-bond acceptors (Lipinski definition) is 3. The first-order chi connectivity index (χ1) is 33.1. The van der Waals surface area contributed by atoms with E-state index in [1.165, 1.54) is 98.5 Å². The molecule has 0 saturated carbocycles. The highest BCUT2D eigenvalue weighted by Gasteiger charge is 2.47. The van der Waals surface area contributed by atoms with Crippen LogP contribution < -0.4 is 4.74 Å². The summed E-state index contributed by atoms with van der Waals surface area (Å²) in [7, 11) is 0. The summed E-state index contributed by atoms with van der Waals surface area (Å²) in [6.07, 6.45) is 16.5. The molecule has 2 aliphatic heterocycles. The molecule has 0 saturated heterocycles. The summed E-state index contributed by atoms with van der Waals surface area (Å²) in [5.74, 6) is 2.20. The number of rotatable bonds is 5. The van der Waals surface area contributed by atoms with Crippen molar-refractivity contribution in [1.29, 1.82) is 0 Å². The smallest absolute Gasteiger partial charge is 0.155 e. The largest absolute Gasteiger partial charge is 0.485 e. The minimum Gasteiger partial charge on any atom is -0.485 e. The van der Waals surface area contributed by atoms with Crippen molar-refractivity contribution in [2.75, 3.05) is 0 Å². The van der Waals surface area contributed by atoms with E-state index in [-0.39, 0.29) is 35.8 Å². The highest BCUT2D eigenvalue weighted by atomic mass is 16.5. The van der Waals surface area contributed by atoms with E-state index in [2.05, 4.69) is 207 Å². The van der Waals surface area contributed by atoms with Crippen molar-refractivity contribution in [2.45, 2.75) is 50.2 Å². The minimum absolute atomic E-state index is 0.0378. The van der Waals surface area contributed by atoms with E-state index in [1.807, 2.05) is 0 Å². The number of ether oxygens (including phenoxy) is 1. The molecule has 0 amide bonds. The summed E-state index contributed by atoms with van der Waals surface area (Å²) in [6, 6.07) is 60.7. The lowest BCUT2D eigenvalue weighted by Gasteiger charge is -2.40. The van der Waals surface area contributed by atoms with Crippen LogP contribution in [0.4, 0.5) is 0 Å². The third kappa shape index (κ3) is 6.10. The van der Waals surface area contributed by atoms with Crippen LogP contribution in [0.15, 0.2) is 221 Å². The Bertz CT molecular complexity index is 3770. The van der Waals surface area contributed by atoms with E-state index in [0.29, 0.717) is 0 Å². The molecule has 0 radical (unpaired) electrons. The summed E-state index contributed by atoms with van der Waals surface area (Å²) in [5, 5.41) is 12.5. The summed E-state index contributed by atoms with van der Waals surface area (Å²) in [6.45, 7) is 2.34. The Labute approximate surface area is 390 Å². The van der Waals surface area contributed by atoms with Gasteiger partial charge in [-0.3, -0.25) is 4.99 Å². The Morgan fingerprint density at radius 1 is 0.597 bits per heavy atom. The van der Waals surface area contributed by atoms with E-state index in [4.69, 9.17) is 14.7 Å². The standard InChI is InChI=1S/C64H48N2O/c1-2-48-61(40-16-4-3-5-17-40)65-64(46-27-28-50-45(33-46)25-24-38-14-10-12-22-49(38)50)66-62(48)54-31-30-53-56-35-43-20-8-9-21-44(43)37-58(56)67-63(53)60(54)57-36-47-32-41-18-6-7-19-42(41)34-55(47)52-29-26-39-15-11-13-23-51(39)59(52)57/h3-16,18-35,37,40,48,53,57,62-63H,2,17,36H2,1H3. The third-order valence-electron chi connectivity index (χ3n) is 15.7. The zero-order valence-corrected chi connectivity index (χ0v) is 37.4. The van der Waals surface area contributed by atoms with E-state index in [0.717, 1.165) is 36.4 Å². The van der Waals surface area contributed by atoms with Crippen LogP contribution in [0, 0.1) is 11.8 Å². The monoisotopic (exact) mass is 860 g/mol. The lowest BCUT2D eigenvalue weighted by atomic mass is 9.66. The molecule has 9 aromatic carbocycles. The van der Waals surface area contributed by atoms with Gasteiger partial charge in [-0.25, -0.2) is 4.99 Å². The second-order valence-electron chi connectivity index (χ2n) is 19.3. The molecule has 6 unspecified atom stereocenters. The van der Waals surface area contributed by atoms with Gasteiger partial charge in [-0.15, -0.1) is 0 Å². The molecule has 14 rings (SSSR count). The van der Waals surface area contributed by atoms with Gasteiger partial charge in [-0.05, 0) is 131 Å². The molecule has 3 heteroatoms. The summed E-state index contributed by atoms with van der Waals surface area (Å²) in [4.78, 5) is 11.6. The number of benzene rings is 9. The van der Waals surface area contributed by atoms with Crippen LogP contribution in [0.5, 0.6) is 5.75 Å². The predicted octanol–water partition coefficient (Wildman–Crippen LogP) is 15.6. The van der Waals surface area contributed by atoms with Crippen molar-refractivity contribution in [3.63, 3.8) is 0 Å². The van der Waals surface area contributed by atoms with Crippen LogP contribution in [0.1, 0.15) is 53.9 Å².